The van der Waals surface area contributed by atoms with E-state index < -0.39 is 0 Å². The molecule has 1 aromatic carbocycles. The summed E-state index contributed by atoms with van der Waals surface area (Å²) in [6, 6.07) is 3.96. The number of nitrogens with zero attached hydrogens (tertiary/aromatic N) is 1. The molecule has 0 radical (unpaired) electrons. The van der Waals surface area contributed by atoms with Crippen LogP contribution in [0.5, 0.6) is 5.75 Å². The monoisotopic (exact) mass is 223 g/mol. The standard InChI is InChI=1S/C11H13NO2S/c1-8-4-11(15-3)9(6-12-7-13)5-10(8)14-2/h4-5H,6H2,1-3H3. The SMILES string of the molecule is COc1cc(CN=C=O)c(SC)cc1C. The number of thioether (sulfide) groups is 1. The van der Waals surface area contributed by atoms with Crippen molar-refractivity contribution in [3.05, 3.63) is 23.3 Å². The van der Waals surface area contributed by atoms with Crippen LogP contribution in [0.4, 0.5) is 0 Å². The van der Waals surface area contributed by atoms with Gasteiger partial charge >= 0.3 is 0 Å². The normalized spacial score (nSPS) is 9.53. The van der Waals surface area contributed by atoms with Crippen molar-refractivity contribution < 1.29 is 9.53 Å². The molecule has 0 bridgehead atoms. The van der Waals surface area contributed by atoms with Crippen LogP contribution in [0, 0.1) is 6.92 Å². The summed E-state index contributed by atoms with van der Waals surface area (Å²) in [5.74, 6) is 0.823. The van der Waals surface area contributed by atoms with E-state index in [0.29, 0.717) is 6.54 Å². The number of carbonyl (C=O) groups excluding carboxylic acids is 1. The van der Waals surface area contributed by atoms with Crippen LogP contribution >= 0.6 is 11.8 Å². The third-order valence-electron chi connectivity index (χ3n) is 2.11. The number of isocyanates is 1. The average molecular weight is 223 g/mol. The summed E-state index contributed by atoms with van der Waals surface area (Å²) in [5, 5.41) is 0. The summed E-state index contributed by atoms with van der Waals surface area (Å²) in [7, 11) is 1.63. The number of hydrogen-bond donors (Lipinski definition) is 0. The van der Waals surface area contributed by atoms with Crippen LogP contribution in [0.1, 0.15) is 11.1 Å². The quantitative estimate of drug-likeness (QED) is 0.447. The zero-order valence-electron chi connectivity index (χ0n) is 9.03. The summed E-state index contributed by atoms with van der Waals surface area (Å²) in [6.07, 6.45) is 3.54. The van der Waals surface area contributed by atoms with Crippen LogP contribution < -0.4 is 4.74 Å². The number of aryl methyl sites for hydroxylation is 1. The third kappa shape index (κ3) is 2.85. The second kappa shape index (κ2) is 5.59. The first-order valence-electron chi connectivity index (χ1n) is 4.48. The minimum atomic E-state index is 0.357. The molecule has 0 fully saturated rings. The fourth-order valence-corrected chi connectivity index (χ4v) is 2.03. The van der Waals surface area contributed by atoms with Gasteiger partial charge in [-0.2, -0.15) is 0 Å². The number of hydrogen-bond acceptors (Lipinski definition) is 4. The lowest BCUT2D eigenvalue weighted by molar-refractivity contribution is 0.410. The van der Waals surface area contributed by atoms with Crippen LogP contribution in [0.3, 0.4) is 0 Å². The van der Waals surface area contributed by atoms with Crippen molar-refractivity contribution in [3.8, 4) is 5.75 Å². The van der Waals surface area contributed by atoms with Gasteiger partial charge in [-0.15, -0.1) is 11.8 Å². The smallest absolute Gasteiger partial charge is 0.235 e. The lowest BCUT2D eigenvalue weighted by Gasteiger charge is -2.10. The molecule has 15 heavy (non-hydrogen) atoms. The fraction of sp³-hybridized carbons (Fsp3) is 0.364. The van der Waals surface area contributed by atoms with E-state index in [1.54, 1.807) is 25.0 Å². The van der Waals surface area contributed by atoms with Crippen LogP contribution in [0.2, 0.25) is 0 Å². The third-order valence-corrected chi connectivity index (χ3v) is 2.93. The van der Waals surface area contributed by atoms with Crippen molar-refractivity contribution in [2.75, 3.05) is 13.4 Å². The van der Waals surface area contributed by atoms with Gasteiger partial charge in [0, 0.05) is 4.90 Å². The van der Waals surface area contributed by atoms with Crippen molar-refractivity contribution >= 4 is 17.8 Å². The van der Waals surface area contributed by atoms with Gasteiger partial charge in [-0.1, -0.05) is 0 Å². The van der Waals surface area contributed by atoms with Gasteiger partial charge in [-0.25, -0.2) is 9.79 Å². The van der Waals surface area contributed by atoms with Crippen molar-refractivity contribution in [1.82, 2.24) is 0 Å². The zero-order valence-corrected chi connectivity index (χ0v) is 9.85. The van der Waals surface area contributed by atoms with E-state index in [2.05, 4.69) is 4.99 Å². The Kier molecular flexibility index (Phi) is 4.40. The highest BCUT2D eigenvalue weighted by molar-refractivity contribution is 7.98. The number of rotatable bonds is 4. The Hall–Kier alpha value is -1.25. The number of methoxy groups -OCH3 is 1. The first kappa shape index (κ1) is 11.8. The molecule has 0 spiro atoms. The maximum atomic E-state index is 10.1. The van der Waals surface area contributed by atoms with Crippen molar-refractivity contribution in [2.45, 2.75) is 18.4 Å². The minimum absolute atomic E-state index is 0.357. The van der Waals surface area contributed by atoms with Crippen LogP contribution in [-0.4, -0.2) is 19.4 Å². The molecule has 0 unspecified atom stereocenters. The Balaban J connectivity index is 3.15. The van der Waals surface area contributed by atoms with Crippen LogP contribution in [0.15, 0.2) is 22.0 Å². The van der Waals surface area contributed by atoms with Gasteiger partial charge in [0.1, 0.15) is 5.75 Å². The first-order valence-corrected chi connectivity index (χ1v) is 5.70. The summed E-state index contributed by atoms with van der Waals surface area (Å²) >= 11 is 1.63. The molecule has 0 N–H and O–H groups in total. The Bertz CT molecular complexity index is 398. The van der Waals surface area contributed by atoms with Crippen molar-refractivity contribution in [2.24, 2.45) is 4.99 Å². The van der Waals surface area contributed by atoms with Gasteiger partial charge in [0.25, 0.3) is 0 Å². The van der Waals surface area contributed by atoms with Gasteiger partial charge in [0.2, 0.25) is 6.08 Å². The van der Waals surface area contributed by atoms with Crippen LogP contribution in [0.25, 0.3) is 0 Å². The number of aliphatic imine (C=N–C) groups is 1. The highest BCUT2D eigenvalue weighted by Crippen LogP contribution is 2.29. The lowest BCUT2D eigenvalue weighted by atomic mass is 10.1. The molecule has 0 amide bonds. The molecule has 0 aliphatic carbocycles. The molecular formula is C11H13NO2S. The lowest BCUT2D eigenvalue weighted by Crippen LogP contribution is -1.93. The van der Waals surface area contributed by atoms with Crippen molar-refractivity contribution in [3.63, 3.8) is 0 Å². The molecule has 1 rings (SSSR count). The van der Waals surface area contributed by atoms with Crippen LogP contribution in [-0.2, 0) is 11.3 Å². The van der Waals surface area contributed by atoms with E-state index in [4.69, 9.17) is 4.74 Å². The van der Waals surface area contributed by atoms with Gasteiger partial charge in [-0.3, -0.25) is 0 Å². The van der Waals surface area contributed by atoms with E-state index >= 15 is 0 Å². The van der Waals surface area contributed by atoms with Crippen molar-refractivity contribution in [1.29, 1.82) is 0 Å². The minimum Gasteiger partial charge on any atom is -0.496 e. The molecule has 0 heterocycles. The van der Waals surface area contributed by atoms with E-state index in [0.717, 1.165) is 21.8 Å². The Labute approximate surface area is 93.5 Å². The molecule has 0 saturated heterocycles. The topological polar surface area (TPSA) is 38.7 Å². The summed E-state index contributed by atoms with van der Waals surface area (Å²) in [5.41, 5.74) is 2.08. The molecule has 3 nitrogen and oxygen atoms in total. The second-order valence-electron chi connectivity index (χ2n) is 3.04. The highest BCUT2D eigenvalue weighted by atomic mass is 32.2. The fourth-order valence-electron chi connectivity index (χ4n) is 1.35. The van der Waals surface area contributed by atoms with Gasteiger partial charge in [0.15, 0.2) is 0 Å². The van der Waals surface area contributed by atoms with Gasteiger partial charge in [0.05, 0.1) is 13.7 Å². The maximum absolute atomic E-state index is 10.1. The second-order valence-corrected chi connectivity index (χ2v) is 3.89. The summed E-state index contributed by atoms with van der Waals surface area (Å²) in [4.78, 5) is 14.8. The average Bonchev–Trinajstić information content (AvgIpc) is 2.26. The predicted octanol–water partition coefficient (Wildman–Crippen LogP) is 2.56. The molecule has 4 heteroatoms. The molecule has 80 valence electrons. The number of benzene rings is 1. The molecule has 0 aromatic heterocycles. The molecule has 0 aliphatic heterocycles. The Morgan fingerprint density at radius 2 is 2.27 bits per heavy atom. The number of ether oxygens (including phenoxy) is 1. The Morgan fingerprint density at radius 1 is 1.53 bits per heavy atom. The molecule has 0 atom stereocenters. The molecule has 1 aromatic rings. The van der Waals surface area contributed by atoms with E-state index in [1.807, 2.05) is 25.3 Å². The van der Waals surface area contributed by atoms with E-state index in [1.165, 1.54) is 0 Å². The van der Waals surface area contributed by atoms with Gasteiger partial charge < -0.3 is 4.74 Å². The molecule has 0 saturated carbocycles. The van der Waals surface area contributed by atoms with E-state index in [9.17, 15) is 4.79 Å². The highest BCUT2D eigenvalue weighted by Gasteiger charge is 2.06. The summed E-state index contributed by atoms with van der Waals surface area (Å²) in [6.45, 7) is 2.35. The zero-order chi connectivity index (χ0) is 11.3. The largest absolute Gasteiger partial charge is 0.496 e. The maximum Gasteiger partial charge on any atom is 0.235 e. The Morgan fingerprint density at radius 3 is 2.80 bits per heavy atom. The molecule has 0 aliphatic rings. The first-order chi connectivity index (χ1) is 7.22. The summed E-state index contributed by atoms with van der Waals surface area (Å²) < 4.78 is 5.22. The van der Waals surface area contributed by atoms with E-state index in [-0.39, 0.29) is 0 Å². The predicted molar refractivity (Wildman–Crippen MR) is 61.3 cm³/mol. The van der Waals surface area contributed by atoms with Gasteiger partial charge in [-0.05, 0) is 36.4 Å². The molecular weight excluding hydrogens is 210 g/mol.